The Morgan fingerprint density at radius 2 is 1.81 bits per heavy atom. The Morgan fingerprint density at radius 3 is 2.62 bits per heavy atom. The SMILES string of the molecule is NCCNc1nc(NC2=CC=CCC=C2)nc(Nc2cccc(N)c2)n1. The fourth-order valence-corrected chi connectivity index (χ4v) is 2.29. The molecule has 1 heterocycles. The number of nitrogens with two attached hydrogens (primary N) is 2. The number of nitrogen functional groups attached to an aromatic ring is 1. The van der Waals surface area contributed by atoms with Gasteiger partial charge >= 0.3 is 0 Å². The first-order valence-corrected chi connectivity index (χ1v) is 8.36. The third-order valence-corrected chi connectivity index (χ3v) is 3.44. The molecule has 0 radical (unpaired) electrons. The zero-order valence-corrected chi connectivity index (χ0v) is 14.3. The van der Waals surface area contributed by atoms with Crippen molar-refractivity contribution < 1.29 is 0 Å². The van der Waals surface area contributed by atoms with Crippen molar-refractivity contribution in [3.63, 3.8) is 0 Å². The van der Waals surface area contributed by atoms with Crippen molar-refractivity contribution in [1.82, 2.24) is 15.0 Å². The molecule has 0 saturated carbocycles. The molecule has 0 amide bonds. The van der Waals surface area contributed by atoms with Gasteiger partial charge in [0.25, 0.3) is 0 Å². The summed E-state index contributed by atoms with van der Waals surface area (Å²) < 4.78 is 0. The number of nitrogens with one attached hydrogen (secondary N) is 3. The fraction of sp³-hybridized carbons (Fsp3) is 0.167. The zero-order chi connectivity index (χ0) is 18.2. The maximum atomic E-state index is 5.82. The molecule has 0 saturated heterocycles. The molecule has 7 N–H and O–H groups in total. The number of hydrogen-bond donors (Lipinski definition) is 5. The second-order valence-corrected chi connectivity index (χ2v) is 5.59. The highest BCUT2D eigenvalue weighted by Gasteiger charge is 2.08. The van der Waals surface area contributed by atoms with Crippen molar-refractivity contribution in [3.05, 3.63) is 60.3 Å². The molecule has 3 rings (SSSR count). The first kappa shape index (κ1) is 17.4. The number of anilines is 5. The lowest BCUT2D eigenvalue weighted by Crippen LogP contribution is -2.16. The largest absolute Gasteiger partial charge is 0.399 e. The van der Waals surface area contributed by atoms with Crippen LogP contribution in [0.3, 0.4) is 0 Å². The van der Waals surface area contributed by atoms with Gasteiger partial charge in [-0.15, -0.1) is 0 Å². The normalized spacial score (nSPS) is 13.0. The predicted octanol–water partition coefficient (Wildman–Crippen LogP) is 2.38. The minimum Gasteiger partial charge on any atom is -0.399 e. The molecular formula is C18H22N8. The van der Waals surface area contributed by atoms with Crippen LogP contribution in [-0.2, 0) is 0 Å². The van der Waals surface area contributed by atoms with Gasteiger partial charge in [0, 0.05) is 30.2 Å². The van der Waals surface area contributed by atoms with Crippen LogP contribution in [0, 0.1) is 0 Å². The summed E-state index contributed by atoms with van der Waals surface area (Å²) in [6, 6.07) is 7.38. The average molecular weight is 350 g/mol. The minimum absolute atomic E-state index is 0.404. The lowest BCUT2D eigenvalue weighted by Gasteiger charge is -2.11. The lowest BCUT2D eigenvalue weighted by molar-refractivity contribution is 0.972. The quantitative estimate of drug-likeness (QED) is 0.482. The van der Waals surface area contributed by atoms with Crippen LogP contribution in [0.2, 0.25) is 0 Å². The van der Waals surface area contributed by atoms with Crippen molar-refractivity contribution in [2.45, 2.75) is 6.42 Å². The predicted molar refractivity (Wildman–Crippen MR) is 106 cm³/mol. The molecule has 2 aromatic rings. The molecule has 0 atom stereocenters. The number of benzene rings is 1. The maximum absolute atomic E-state index is 5.82. The molecule has 0 unspecified atom stereocenters. The van der Waals surface area contributed by atoms with E-state index in [-0.39, 0.29) is 0 Å². The Kier molecular flexibility index (Phi) is 5.79. The Bertz CT molecular complexity index is 841. The van der Waals surface area contributed by atoms with Crippen molar-refractivity contribution in [1.29, 1.82) is 0 Å². The summed E-state index contributed by atoms with van der Waals surface area (Å²) in [6.45, 7) is 1.04. The molecule has 1 aromatic carbocycles. The van der Waals surface area contributed by atoms with Crippen molar-refractivity contribution in [2.75, 3.05) is 34.8 Å². The van der Waals surface area contributed by atoms with Gasteiger partial charge in [0.2, 0.25) is 17.8 Å². The van der Waals surface area contributed by atoms with E-state index in [1.807, 2.05) is 42.5 Å². The van der Waals surface area contributed by atoms with Crippen LogP contribution < -0.4 is 27.4 Å². The van der Waals surface area contributed by atoms with Crippen LogP contribution >= 0.6 is 0 Å². The van der Waals surface area contributed by atoms with Gasteiger partial charge in [0.15, 0.2) is 0 Å². The van der Waals surface area contributed by atoms with E-state index in [9.17, 15) is 0 Å². The Hall–Kier alpha value is -3.39. The van der Waals surface area contributed by atoms with Gasteiger partial charge < -0.3 is 27.4 Å². The van der Waals surface area contributed by atoms with Crippen LogP contribution in [0.1, 0.15) is 6.42 Å². The molecule has 1 aliphatic rings. The highest BCUT2D eigenvalue weighted by atomic mass is 15.3. The highest BCUT2D eigenvalue weighted by molar-refractivity contribution is 5.61. The van der Waals surface area contributed by atoms with E-state index >= 15 is 0 Å². The molecule has 8 nitrogen and oxygen atoms in total. The van der Waals surface area contributed by atoms with Gasteiger partial charge in [0.05, 0.1) is 0 Å². The highest BCUT2D eigenvalue weighted by Crippen LogP contribution is 2.19. The minimum atomic E-state index is 0.404. The molecule has 1 aromatic heterocycles. The van der Waals surface area contributed by atoms with Gasteiger partial charge in [-0.2, -0.15) is 15.0 Å². The Labute approximate surface area is 152 Å². The summed E-state index contributed by atoms with van der Waals surface area (Å²) in [6.07, 6.45) is 11.0. The van der Waals surface area contributed by atoms with E-state index in [1.54, 1.807) is 0 Å². The lowest BCUT2D eigenvalue weighted by atomic mass is 10.3. The van der Waals surface area contributed by atoms with Crippen molar-refractivity contribution in [2.24, 2.45) is 5.73 Å². The van der Waals surface area contributed by atoms with Crippen LogP contribution in [-0.4, -0.2) is 28.0 Å². The first-order chi connectivity index (χ1) is 12.7. The summed E-state index contributed by atoms with van der Waals surface area (Å²) in [4.78, 5) is 13.2. The summed E-state index contributed by atoms with van der Waals surface area (Å²) in [5, 5.41) is 9.43. The second-order valence-electron chi connectivity index (χ2n) is 5.59. The first-order valence-electron chi connectivity index (χ1n) is 8.36. The second kappa shape index (κ2) is 8.63. The van der Waals surface area contributed by atoms with E-state index in [0.717, 1.165) is 17.8 Å². The van der Waals surface area contributed by atoms with E-state index in [0.29, 0.717) is 36.6 Å². The number of allylic oxidation sites excluding steroid dienone is 5. The van der Waals surface area contributed by atoms with Crippen LogP contribution in [0.4, 0.5) is 29.2 Å². The van der Waals surface area contributed by atoms with Gasteiger partial charge in [0.1, 0.15) is 0 Å². The zero-order valence-electron chi connectivity index (χ0n) is 14.3. The van der Waals surface area contributed by atoms with Gasteiger partial charge in [-0.3, -0.25) is 0 Å². The molecule has 1 aliphatic carbocycles. The monoisotopic (exact) mass is 350 g/mol. The van der Waals surface area contributed by atoms with Crippen molar-refractivity contribution >= 4 is 29.2 Å². The molecular weight excluding hydrogens is 328 g/mol. The van der Waals surface area contributed by atoms with Crippen molar-refractivity contribution in [3.8, 4) is 0 Å². The fourth-order valence-electron chi connectivity index (χ4n) is 2.29. The van der Waals surface area contributed by atoms with E-state index in [4.69, 9.17) is 11.5 Å². The van der Waals surface area contributed by atoms with Crippen LogP contribution in [0.15, 0.2) is 60.3 Å². The smallest absolute Gasteiger partial charge is 0.233 e. The Morgan fingerprint density at radius 1 is 1.00 bits per heavy atom. The van der Waals surface area contributed by atoms with Gasteiger partial charge in [-0.25, -0.2) is 0 Å². The molecule has 0 fully saturated rings. The maximum Gasteiger partial charge on any atom is 0.233 e. The molecule has 0 spiro atoms. The molecule has 8 heteroatoms. The van der Waals surface area contributed by atoms with E-state index in [2.05, 4.69) is 43.1 Å². The van der Waals surface area contributed by atoms with Crippen LogP contribution in [0.25, 0.3) is 0 Å². The topological polar surface area (TPSA) is 127 Å². The standard InChI is InChI=1S/C18H22N8/c19-10-11-21-16-24-17(22-14-7-3-1-2-4-8-14)26-18(25-16)23-15-9-5-6-13(20)12-15/h1,3-9,12H,2,10-11,19-20H2,(H3,21,22,23,24,25,26). The number of aromatic nitrogens is 3. The average Bonchev–Trinajstić information content (AvgIpc) is 2.88. The van der Waals surface area contributed by atoms with Crippen LogP contribution in [0.5, 0.6) is 0 Å². The Balaban J connectivity index is 1.85. The summed E-state index contributed by atoms with van der Waals surface area (Å²) >= 11 is 0. The summed E-state index contributed by atoms with van der Waals surface area (Å²) in [5.41, 5.74) is 13.7. The third-order valence-electron chi connectivity index (χ3n) is 3.44. The molecule has 26 heavy (non-hydrogen) atoms. The van der Waals surface area contributed by atoms with E-state index < -0.39 is 0 Å². The third kappa shape index (κ3) is 5.05. The molecule has 0 bridgehead atoms. The summed E-state index contributed by atoms with van der Waals surface area (Å²) in [7, 11) is 0. The summed E-state index contributed by atoms with van der Waals surface area (Å²) in [5.74, 6) is 1.27. The van der Waals surface area contributed by atoms with Gasteiger partial charge in [-0.1, -0.05) is 24.3 Å². The van der Waals surface area contributed by atoms with Gasteiger partial charge in [-0.05, 0) is 36.8 Å². The number of rotatable bonds is 7. The molecule has 134 valence electrons. The number of hydrogen-bond acceptors (Lipinski definition) is 8. The van der Waals surface area contributed by atoms with E-state index in [1.165, 1.54) is 0 Å². The number of nitrogens with zero attached hydrogens (tertiary/aromatic N) is 3. The molecule has 0 aliphatic heterocycles.